The molecule has 192 valence electrons. The van der Waals surface area contributed by atoms with E-state index in [2.05, 4.69) is 31.4 Å². The number of hydrogen-bond donors (Lipinski definition) is 1. The number of benzene rings is 1. The first-order valence-corrected chi connectivity index (χ1v) is 12.3. The highest BCUT2D eigenvalue weighted by Gasteiger charge is 2.32. The van der Waals surface area contributed by atoms with Crippen LogP contribution in [0.1, 0.15) is 29.8 Å². The zero-order valence-electron chi connectivity index (χ0n) is 20.9. The Morgan fingerprint density at radius 3 is 2.92 bits per heavy atom. The Bertz CT molecular complexity index is 1230. The molecule has 10 heteroatoms. The van der Waals surface area contributed by atoms with Crippen LogP contribution in [0, 0.1) is 6.92 Å². The minimum atomic E-state index is -3.06. The van der Waals surface area contributed by atoms with E-state index in [4.69, 9.17) is 14.5 Å². The number of morpholine rings is 1. The predicted octanol–water partition coefficient (Wildman–Crippen LogP) is 3.77. The molecule has 2 fully saturated rings. The Morgan fingerprint density at radius 2 is 2.08 bits per heavy atom. The number of hydrogen-bond acceptors (Lipinski definition) is 8. The average Bonchev–Trinajstić information content (AvgIpc) is 2.90. The first kappa shape index (κ1) is 24.7. The fourth-order valence-corrected chi connectivity index (χ4v) is 5.00. The normalized spacial score (nSPS) is 19.8. The van der Waals surface area contributed by atoms with E-state index < -0.39 is 12.5 Å². The Hall–Kier alpha value is -2.95. The summed E-state index contributed by atoms with van der Waals surface area (Å²) in [4.78, 5) is 9.55. The van der Waals surface area contributed by atoms with Gasteiger partial charge in [0.2, 0.25) is 0 Å². The molecule has 36 heavy (non-hydrogen) atoms. The summed E-state index contributed by atoms with van der Waals surface area (Å²) in [5, 5.41) is 12.9. The van der Waals surface area contributed by atoms with E-state index in [1.807, 2.05) is 26.1 Å². The molecular weight excluding hydrogens is 466 g/mol. The van der Waals surface area contributed by atoms with Gasteiger partial charge in [0.05, 0.1) is 48.4 Å². The summed E-state index contributed by atoms with van der Waals surface area (Å²) in [7, 11) is 1.27. The van der Waals surface area contributed by atoms with Gasteiger partial charge in [0, 0.05) is 44.2 Å². The first-order chi connectivity index (χ1) is 17.4. The van der Waals surface area contributed by atoms with Crippen molar-refractivity contribution in [3.63, 3.8) is 0 Å². The third-order valence-corrected chi connectivity index (χ3v) is 7.06. The number of alkyl halides is 2. The van der Waals surface area contributed by atoms with E-state index in [0.717, 1.165) is 67.2 Å². The minimum absolute atomic E-state index is 0.0786. The first-order valence-electron chi connectivity index (χ1n) is 12.3. The van der Waals surface area contributed by atoms with Crippen molar-refractivity contribution >= 4 is 22.4 Å². The van der Waals surface area contributed by atoms with Crippen LogP contribution >= 0.6 is 0 Å². The van der Waals surface area contributed by atoms with E-state index in [9.17, 15) is 8.78 Å². The molecule has 2 aliphatic rings. The molecule has 2 aliphatic heterocycles. The zero-order chi connectivity index (χ0) is 25.3. The number of fused-ring (bicyclic) bond motifs is 2. The molecular formula is C26H32F2N6O2. The van der Waals surface area contributed by atoms with Crippen molar-refractivity contribution in [3.05, 3.63) is 53.3 Å². The van der Waals surface area contributed by atoms with Gasteiger partial charge < -0.3 is 19.7 Å². The summed E-state index contributed by atoms with van der Waals surface area (Å²) in [6.07, 6.45) is 1.89. The van der Waals surface area contributed by atoms with Gasteiger partial charge in [-0.05, 0) is 31.5 Å². The van der Waals surface area contributed by atoms with Crippen molar-refractivity contribution < 1.29 is 18.3 Å². The molecule has 0 aliphatic carbocycles. The molecule has 4 heterocycles. The number of piperazine rings is 1. The molecule has 0 bridgehead atoms. The second kappa shape index (κ2) is 10.2. The SMILES string of the molecule is COCC(F)(F)c1cccc([C@@H](C)Nc2nnc(C)c3ncc(N4CCN5CCOC[C@@H]5C4)cc23)c1. The molecule has 1 aromatic carbocycles. The highest BCUT2D eigenvalue weighted by Crippen LogP contribution is 2.32. The van der Waals surface area contributed by atoms with Gasteiger partial charge in [-0.2, -0.15) is 13.9 Å². The van der Waals surface area contributed by atoms with Crippen LogP contribution in [0.4, 0.5) is 20.3 Å². The largest absolute Gasteiger partial charge is 0.378 e. The number of halogens is 2. The summed E-state index contributed by atoms with van der Waals surface area (Å²) in [5.41, 5.74) is 3.17. The van der Waals surface area contributed by atoms with Crippen LogP contribution in [0.15, 0.2) is 36.5 Å². The topological polar surface area (TPSA) is 75.6 Å². The number of nitrogens with one attached hydrogen (secondary N) is 1. The maximum absolute atomic E-state index is 14.4. The van der Waals surface area contributed by atoms with E-state index in [1.165, 1.54) is 19.2 Å². The third-order valence-electron chi connectivity index (χ3n) is 7.06. The van der Waals surface area contributed by atoms with Crippen molar-refractivity contribution in [2.45, 2.75) is 31.9 Å². The number of nitrogens with zero attached hydrogens (tertiary/aromatic N) is 5. The van der Waals surface area contributed by atoms with E-state index in [0.29, 0.717) is 11.9 Å². The summed E-state index contributed by atoms with van der Waals surface area (Å²) in [5.74, 6) is -2.49. The van der Waals surface area contributed by atoms with Gasteiger partial charge in [-0.1, -0.05) is 18.2 Å². The van der Waals surface area contributed by atoms with Gasteiger partial charge in [-0.15, -0.1) is 5.10 Å². The van der Waals surface area contributed by atoms with Gasteiger partial charge in [0.1, 0.15) is 6.61 Å². The maximum Gasteiger partial charge on any atom is 0.296 e. The Balaban J connectivity index is 1.41. The maximum atomic E-state index is 14.4. The molecule has 2 saturated heterocycles. The van der Waals surface area contributed by atoms with E-state index >= 15 is 0 Å². The number of pyridine rings is 1. The van der Waals surface area contributed by atoms with Crippen LogP contribution in [0.2, 0.25) is 0 Å². The lowest BCUT2D eigenvalue weighted by Gasteiger charge is -2.44. The van der Waals surface area contributed by atoms with Crippen molar-refractivity contribution in [2.24, 2.45) is 0 Å². The van der Waals surface area contributed by atoms with Crippen molar-refractivity contribution in [1.82, 2.24) is 20.1 Å². The number of rotatable bonds is 7. The molecule has 0 spiro atoms. The van der Waals surface area contributed by atoms with Crippen LogP contribution in [-0.2, 0) is 15.4 Å². The highest BCUT2D eigenvalue weighted by atomic mass is 19.3. The number of anilines is 2. The monoisotopic (exact) mass is 498 g/mol. The van der Waals surface area contributed by atoms with Crippen LogP contribution in [0.5, 0.6) is 0 Å². The molecule has 1 N–H and O–H groups in total. The fraction of sp³-hybridized carbons (Fsp3) is 0.500. The predicted molar refractivity (Wildman–Crippen MR) is 135 cm³/mol. The molecule has 3 aromatic rings. The fourth-order valence-electron chi connectivity index (χ4n) is 5.00. The van der Waals surface area contributed by atoms with E-state index in [1.54, 1.807) is 6.07 Å². The van der Waals surface area contributed by atoms with Crippen molar-refractivity contribution in [1.29, 1.82) is 0 Å². The second-order valence-electron chi connectivity index (χ2n) is 9.56. The Kier molecular flexibility index (Phi) is 7.00. The summed E-state index contributed by atoms with van der Waals surface area (Å²) in [6.45, 7) is 8.45. The standard InChI is InChI=1S/C26H32F2N6O2/c1-17(19-5-4-6-20(11-19)26(27,28)16-35-3)30-25-23-12-21(13-29-24(23)18(2)31-32-25)34-8-7-33-9-10-36-15-22(33)14-34/h4-6,11-13,17,22H,7-10,14-16H2,1-3H3,(H,30,32)/t17-,22+/m1/s1. The van der Waals surface area contributed by atoms with Crippen LogP contribution in [0.3, 0.4) is 0 Å². The van der Waals surface area contributed by atoms with Crippen LogP contribution in [0.25, 0.3) is 10.9 Å². The highest BCUT2D eigenvalue weighted by molar-refractivity contribution is 5.92. The van der Waals surface area contributed by atoms with Crippen molar-refractivity contribution in [3.8, 4) is 0 Å². The van der Waals surface area contributed by atoms with Gasteiger partial charge in [0.25, 0.3) is 5.92 Å². The molecule has 2 aromatic heterocycles. The number of aromatic nitrogens is 3. The van der Waals surface area contributed by atoms with Gasteiger partial charge in [0.15, 0.2) is 5.82 Å². The number of aryl methyl sites for hydroxylation is 1. The molecule has 2 atom stereocenters. The van der Waals surface area contributed by atoms with Crippen LogP contribution in [-0.4, -0.2) is 79.2 Å². The van der Waals surface area contributed by atoms with Crippen LogP contribution < -0.4 is 10.2 Å². The molecule has 0 saturated carbocycles. The average molecular weight is 499 g/mol. The minimum Gasteiger partial charge on any atom is -0.378 e. The van der Waals surface area contributed by atoms with Crippen molar-refractivity contribution in [2.75, 3.05) is 63.3 Å². The van der Waals surface area contributed by atoms with Gasteiger partial charge in [-0.25, -0.2) is 0 Å². The summed E-state index contributed by atoms with van der Waals surface area (Å²) < 4.78 is 39.2. The molecule has 0 radical (unpaired) electrons. The van der Waals surface area contributed by atoms with E-state index in [-0.39, 0.29) is 11.6 Å². The molecule has 0 unspecified atom stereocenters. The quantitative estimate of drug-likeness (QED) is 0.528. The number of methoxy groups -OCH3 is 1. The second-order valence-corrected chi connectivity index (χ2v) is 9.56. The molecule has 0 amide bonds. The Labute approximate surface area is 209 Å². The van der Waals surface area contributed by atoms with Gasteiger partial charge >= 0.3 is 0 Å². The third kappa shape index (κ3) is 4.98. The Morgan fingerprint density at radius 1 is 1.22 bits per heavy atom. The molecule has 5 rings (SSSR count). The van der Waals surface area contributed by atoms with Gasteiger partial charge in [-0.3, -0.25) is 9.88 Å². The summed E-state index contributed by atoms with van der Waals surface area (Å²) in [6, 6.07) is 8.58. The molecule has 8 nitrogen and oxygen atoms in total. The number of ether oxygens (including phenoxy) is 2. The lowest BCUT2D eigenvalue weighted by atomic mass is 10.0. The smallest absolute Gasteiger partial charge is 0.296 e. The lowest BCUT2D eigenvalue weighted by Crippen LogP contribution is -2.58. The zero-order valence-corrected chi connectivity index (χ0v) is 20.9. The lowest BCUT2D eigenvalue weighted by molar-refractivity contribution is -0.0698. The summed E-state index contributed by atoms with van der Waals surface area (Å²) >= 11 is 0.